The van der Waals surface area contributed by atoms with Crippen molar-refractivity contribution < 1.29 is 4.12 Å². The van der Waals surface area contributed by atoms with Gasteiger partial charge in [-0.15, -0.1) is 11.6 Å². The summed E-state index contributed by atoms with van der Waals surface area (Å²) in [5.41, 5.74) is 0. The van der Waals surface area contributed by atoms with Gasteiger partial charge >= 0.3 is 0 Å². The fraction of sp³-hybridized carbons (Fsp3) is 1.00. The molecule has 0 amide bonds. The Hall–Kier alpha value is 0.684. The smallest absolute Gasteiger partial charge is 0.170 e. The summed E-state index contributed by atoms with van der Waals surface area (Å²) in [4.78, 5) is 0. The van der Waals surface area contributed by atoms with E-state index < -0.39 is 17.4 Å². The highest BCUT2D eigenvalue weighted by atomic mass is 35.5. The molecule has 11 heavy (non-hydrogen) atoms. The van der Waals surface area contributed by atoms with Crippen molar-refractivity contribution in [2.24, 2.45) is 0 Å². The van der Waals surface area contributed by atoms with Crippen LogP contribution in [0.1, 0.15) is 6.42 Å². The summed E-state index contributed by atoms with van der Waals surface area (Å²) >= 11 is 5.59. The van der Waals surface area contributed by atoms with Crippen LogP contribution in [-0.4, -0.2) is 23.2 Å². The van der Waals surface area contributed by atoms with Gasteiger partial charge < -0.3 is 4.12 Å². The highest BCUT2D eigenvalue weighted by Gasteiger charge is 2.17. The van der Waals surface area contributed by atoms with E-state index in [1.165, 1.54) is 6.04 Å². The highest BCUT2D eigenvalue weighted by Crippen LogP contribution is 2.09. The highest BCUT2D eigenvalue weighted by molar-refractivity contribution is 6.77. The van der Waals surface area contributed by atoms with Gasteiger partial charge in [-0.2, -0.15) is 0 Å². The van der Waals surface area contributed by atoms with E-state index in [1.807, 2.05) is 0 Å². The van der Waals surface area contributed by atoms with Gasteiger partial charge in [0, 0.05) is 5.88 Å². The van der Waals surface area contributed by atoms with Crippen LogP contribution in [0.15, 0.2) is 0 Å². The van der Waals surface area contributed by atoms with E-state index in [-0.39, 0.29) is 0 Å². The van der Waals surface area contributed by atoms with E-state index in [0.29, 0.717) is 0 Å². The Morgan fingerprint density at radius 3 is 2.27 bits per heavy atom. The molecule has 1 atom stereocenters. The Morgan fingerprint density at radius 1 is 1.36 bits per heavy atom. The van der Waals surface area contributed by atoms with Crippen LogP contribution in [0, 0.1) is 0 Å². The van der Waals surface area contributed by atoms with Crippen molar-refractivity contribution in [3.8, 4) is 0 Å². The van der Waals surface area contributed by atoms with Gasteiger partial charge in [0.05, 0.1) is 0 Å². The summed E-state index contributed by atoms with van der Waals surface area (Å²) in [6.45, 7) is 9.01. The molecule has 0 aliphatic carbocycles. The third-order valence-electron chi connectivity index (χ3n) is 1.30. The molecule has 0 aromatic carbocycles. The first-order valence-electron chi connectivity index (χ1n) is 4.19. The zero-order valence-corrected chi connectivity index (χ0v) is 10.9. The van der Waals surface area contributed by atoms with Gasteiger partial charge in [0.2, 0.25) is 0 Å². The van der Waals surface area contributed by atoms with Gasteiger partial charge in [-0.25, -0.2) is 0 Å². The molecule has 4 heteroatoms. The molecule has 1 nitrogen and oxygen atoms in total. The average Bonchev–Trinajstić information content (AvgIpc) is 1.79. The molecule has 68 valence electrons. The minimum Gasteiger partial charge on any atom is -0.458 e. The first-order chi connectivity index (χ1) is 4.95. The molecule has 0 aromatic rings. The first kappa shape index (κ1) is 11.7. The van der Waals surface area contributed by atoms with E-state index >= 15 is 0 Å². The Bertz CT molecular complexity index is 103. The van der Waals surface area contributed by atoms with Crippen LogP contribution in [0.25, 0.3) is 0 Å². The standard InChI is InChI=1S/C7H19ClOSi2/c1-10(7-5-6-8)9-11(2,3)4/h10H,5-7H2,1-4H3/t10-/m0/s1. The third kappa shape index (κ3) is 8.59. The number of rotatable bonds is 5. The summed E-state index contributed by atoms with van der Waals surface area (Å²) in [7, 11) is -2.12. The first-order valence-corrected chi connectivity index (χ1v) is 10.6. The molecule has 0 fully saturated rings. The second-order valence-corrected chi connectivity index (χ2v) is 11.6. The van der Waals surface area contributed by atoms with E-state index in [9.17, 15) is 0 Å². The van der Waals surface area contributed by atoms with Gasteiger partial charge in [0.25, 0.3) is 0 Å². The quantitative estimate of drug-likeness (QED) is 0.501. The van der Waals surface area contributed by atoms with Crippen molar-refractivity contribution in [2.75, 3.05) is 5.88 Å². The second kappa shape index (κ2) is 5.35. The maximum Gasteiger partial charge on any atom is 0.170 e. The average molecular weight is 211 g/mol. The maximum absolute atomic E-state index is 5.96. The van der Waals surface area contributed by atoms with Crippen LogP contribution in [0.2, 0.25) is 32.2 Å². The van der Waals surface area contributed by atoms with Crippen LogP contribution in [0.5, 0.6) is 0 Å². The van der Waals surface area contributed by atoms with E-state index in [2.05, 4.69) is 26.2 Å². The lowest BCUT2D eigenvalue weighted by atomic mass is 10.6. The predicted octanol–water partition coefficient (Wildman–Crippen LogP) is 2.82. The molecular weight excluding hydrogens is 192 g/mol. The minimum atomic E-state index is -1.25. The molecule has 0 aromatic heterocycles. The molecule has 0 radical (unpaired) electrons. The zero-order chi connectivity index (χ0) is 8.91. The topological polar surface area (TPSA) is 9.23 Å². The van der Waals surface area contributed by atoms with Crippen molar-refractivity contribution in [2.45, 2.75) is 38.7 Å². The van der Waals surface area contributed by atoms with Crippen LogP contribution in [0.3, 0.4) is 0 Å². The van der Waals surface area contributed by atoms with Crippen molar-refractivity contribution in [3.05, 3.63) is 0 Å². The molecule has 0 saturated carbocycles. The lowest BCUT2D eigenvalue weighted by molar-refractivity contribution is 0.571. The van der Waals surface area contributed by atoms with E-state index in [1.54, 1.807) is 0 Å². The fourth-order valence-corrected chi connectivity index (χ4v) is 7.52. The largest absolute Gasteiger partial charge is 0.458 e. The molecule has 0 aliphatic heterocycles. The number of halogens is 1. The van der Waals surface area contributed by atoms with Gasteiger partial charge in [-0.1, -0.05) is 0 Å². The van der Waals surface area contributed by atoms with Crippen molar-refractivity contribution >= 4 is 29.0 Å². The van der Waals surface area contributed by atoms with Crippen LogP contribution in [0.4, 0.5) is 0 Å². The van der Waals surface area contributed by atoms with Gasteiger partial charge in [0.1, 0.15) is 0 Å². The lowest BCUT2D eigenvalue weighted by Gasteiger charge is -2.22. The number of hydrogen-bond acceptors (Lipinski definition) is 1. The lowest BCUT2D eigenvalue weighted by Crippen LogP contribution is -2.32. The minimum absolute atomic E-state index is 0.784. The monoisotopic (exact) mass is 210 g/mol. The Balaban J connectivity index is 3.44. The summed E-state index contributed by atoms with van der Waals surface area (Å²) in [6.07, 6.45) is 1.12. The second-order valence-electron chi connectivity index (χ2n) is 3.87. The molecule has 0 heterocycles. The van der Waals surface area contributed by atoms with Gasteiger partial charge in [-0.3, -0.25) is 0 Å². The molecular formula is C7H19ClOSi2. The van der Waals surface area contributed by atoms with Gasteiger partial charge in [0.15, 0.2) is 17.4 Å². The maximum atomic E-state index is 5.96. The van der Waals surface area contributed by atoms with Gasteiger partial charge in [-0.05, 0) is 38.7 Å². The summed E-state index contributed by atoms with van der Waals surface area (Å²) < 4.78 is 5.96. The van der Waals surface area contributed by atoms with Crippen LogP contribution < -0.4 is 0 Å². The zero-order valence-electron chi connectivity index (χ0n) is 7.98. The van der Waals surface area contributed by atoms with Crippen molar-refractivity contribution in [1.82, 2.24) is 0 Å². The van der Waals surface area contributed by atoms with Crippen LogP contribution >= 0.6 is 11.6 Å². The molecule has 0 unspecified atom stereocenters. The Morgan fingerprint density at radius 2 is 1.91 bits per heavy atom. The van der Waals surface area contributed by atoms with E-state index in [4.69, 9.17) is 15.7 Å². The predicted molar refractivity (Wildman–Crippen MR) is 57.6 cm³/mol. The molecule has 0 aliphatic rings. The summed E-state index contributed by atoms with van der Waals surface area (Å²) in [5, 5.41) is 0. The molecule has 0 spiro atoms. The Labute approximate surface area is 78.0 Å². The van der Waals surface area contributed by atoms with Crippen molar-refractivity contribution in [3.63, 3.8) is 0 Å². The SMILES string of the molecule is C[Si@@H](CCCCl)O[Si](C)(C)C. The number of alkyl halides is 1. The van der Waals surface area contributed by atoms with Crippen LogP contribution in [-0.2, 0) is 4.12 Å². The Kier molecular flexibility index (Phi) is 5.68. The number of hydrogen-bond donors (Lipinski definition) is 0. The third-order valence-corrected chi connectivity index (χ3v) is 7.23. The van der Waals surface area contributed by atoms with E-state index in [0.717, 1.165) is 12.3 Å². The summed E-state index contributed by atoms with van der Waals surface area (Å²) in [5.74, 6) is 0.784. The normalized spacial score (nSPS) is 15.0. The fourth-order valence-electron chi connectivity index (χ4n) is 1.03. The molecule has 0 saturated heterocycles. The van der Waals surface area contributed by atoms with Crippen molar-refractivity contribution in [1.29, 1.82) is 0 Å². The molecule has 0 rings (SSSR count). The molecule has 0 N–H and O–H groups in total. The summed E-state index contributed by atoms with van der Waals surface area (Å²) in [6, 6.07) is 1.23. The molecule has 0 bridgehead atoms.